The molecule has 6 heteroatoms. The van der Waals surface area contributed by atoms with Crippen molar-refractivity contribution in [3.05, 3.63) is 206 Å². The third-order valence-corrected chi connectivity index (χ3v) is 12.3. The van der Waals surface area contributed by atoms with E-state index in [1.807, 2.05) is 36.4 Å². The second-order valence-corrected chi connectivity index (χ2v) is 15.9. The van der Waals surface area contributed by atoms with E-state index in [0.717, 1.165) is 99.5 Å². The average Bonchev–Trinajstić information content (AvgIpc) is 4.04. The van der Waals surface area contributed by atoms with E-state index in [0.29, 0.717) is 17.5 Å². The second kappa shape index (κ2) is 14.0. The van der Waals surface area contributed by atoms with Crippen LogP contribution in [0.3, 0.4) is 0 Å². The molecule has 294 valence electrons. The van der Waals surface area contributed by atoms with E-state index in [4.69, 9.17) is 23.8 Å². The minimum absolute atomic E-state index is 0.548. The largest absolute Gasteiger partial charge is 0.456 e. The summed E-state index contributed by atoms with van der Waals surface area (Å²) >= 11 is 0. The predicted octanol–water partition coefficient (Wildman–Crippen LogP) is 15.1. The highest BCUT2D eigenvalue weighted by molar-refractivity contribution is 6.14. The van der Waals surface area contributed by atoms with Gasteiger partial charge >= 0.3 is 0 Å². The van der Waals surface area contributed by atoms with E-state index in [1.165, 1.54) is 10.8 Å². The topological polar surface area (TPSA) is 69.9 Å². The summed E-state index contributed by atoms with van der Waals surface area (Å²) in [5.41, 5.74) is 13.5. The minimum atomic E-state index is 0.548. The van der Waals surface area contributed by atoms with Crippen molar-refractivity contribution in [1.29, 1.82) is 0 Å². The first kappa shape index (κ1) is 35.2. The maximum absolute atomic E-state index is 6.89. The van der Waals surface area contributed by atoms with Gasteiger partial charge < -0.3 is 13.4 Å². The summed E-state index contributed by atoms with van der Waals surface area (Å²) in [4.78, 5) is 15.6. The third-order valence-electron chi connectivity index (χ3n) is 12.3. The van der Waals surface area contributed by atoms with Gasteiger partial charge in [0.15, 0.2) is 23.1 Å². The molecular formula is C57H34N4O2. The molecule has 13 rings (SSSR count). The van der Waals surface area contributed by atoms with Gasteiger partial charge in [-0.1, -0.05) is 146 Å². The molecule has 0 saturated carbocycles. The molecule has 0 spiro atoms. The van der Waals surface area contributed by atoms with Crippen molar-refractivity contribution >= 4 is 65.7 Å². The smallest absolute Gasteiger partial charge is 0.164 e. The van der Waals surface area contributed by atoms with Gasteiger partial charge in [-0.3, -0.25) is 0 Å². The summed E-state index contributed by atoms with van der Waals surface area (Å²) < 4.78 is 15.6. The molecule has 0 fully saturated rings. The van der Waals surface area contributed by atoms with Gasteiger partial charge in [0.1, 0.15) is 16.7 Å². The number of hydrogen-bond acceptors (Lipinski definition) is 5. The van der Waals surface area contributed by atoms with Gasteiger partial charge in [0.05, 0.1) is 16.7 Å². The lowest BCUT2D eigenvalue weighted by molar-refractivity contribution is 0.666. The highest BCUT2D eigenvalue weighted by atomic mass is 16.3. The lowest BCUT2D eigenvalue weighted by atomic mass is 9.99. The number of benzene rings is 9. The molecule has 0 radical (unpaired) electrons. The zero-order valence-electron chi connectivity index (χ0n) is 33.7. The number of hydrogen-bond donors (Lipinski definition) is 0. The highest BCUT2D eigenvalue weighted by Crippen LogP contribution is 2.41. The summed E-state index contributed by atoms with van der Waals surface area (Å²) in [6.07, 6.45) is 0. The van der Waals surface area contributed by atoms with Crippen LogP contribution < -0.4 is 0 Å². The van der Waals surface area contributed by atoms with Gasteiger partial charge in [-0.25, -0.2) is 15.0 Å². The summed E-state index contributed by atoms with van der Waals surface area (Å²) in [6, 6.07) is 71.4. The highest BCUT2D eigenvalue weighted by Gasteiger charge is 2.20. The molecule has 0 atom stereocenters. The molecule has 0 aliphatic heterocycles. The van der Waals surface area contributed by atoms with Crippen LogP contribution >= 0.6 is 0 Å². The SMILES string of the molecule is c1ccc(-c2cccc(-c3nc(-c4ccc5c(c4)oc4c(-n6c7ccccc7c7ccccc76)cccc45)nc(-c4ccc5oc6cccc(-c7ccccc7)c6c5c4)n3)c2)cc1. The quantitative estimate of drug-likeness (QED) is 0.167. The Bertz CT molecular complexity index is 3870. The van der Waals surface area contributed by atoms with Crippen LogP contribution in [0.5, 0.6) is 0 Å². The van der Waals surface area contributed by atoms with Gasteiger partial charge in [-0.05, 0) is 82.9 Å². The zero-order chi connectivity index (χ0) is 41.4. The Labute approximate surface area is 361 Å². The molecule has 4 aromatic heterocycles. The first-order valence-corrected chi connectivity index (χ1v) is 21.1. The summed E-state index contributed by atoms with van der Waals surface area (Å²) in [5.74, 6) is 1.69. The van der Waals surface area contributed by atoms with Gasteiger partial charge in [0.25, 0.3) is 0 Å². The first-order chi connectivity index (χ1) is 31.2. The molecule has 0 amide bonds. The molecule has 0 saturated heterocycles. The fourth-order valence-electron chi connectivity index (χ4n) is 9.34. The molecule has 63 heavy (non-hydrogen) atoms. The van der Waals surface area contributed by atoms with Gasteiger partial charge in [0, 0.05) is 49.0 Å². The Morgan fingerprint density at radius 2 is 0.889 bits per heavy atom. The van der Waals surface area contributed by atoms with E-state index < -0.39 is 0 Å². The second-order valence-electron chi connectivity index (χ2n) is 15.9. The van der Waals surface area contributed by atoms with Crippen molar-refractivity contribution in [2.45, 2.75) is 0 Å². The van der Waals surface area contributed by atoms with Crippen LogP contribution in [0.1, 0.15) is 0 Å². The lowest BCUT2D eigenvalue weighted by Gasteiger charge is -2.10. The van der Waals surface area contributed by atoms with Crippen molar-refractivity contribution in [3.8, 4) is 62.1 Å². The zero-order valence-corrected chi connectivity index (χ0v) is 33.7. The Kier molecular flexibility index (Phi) is 7.80. The number of para-hydroxylation sites is 3. The first-order valence-electron chi connectivity index (χ1n) is 21.1. The lowest BCUT2D eigenvalue weighted by Crippen LogP contribution is -2.00. The number of fused-ring (bicyclic) bond motifs is 9. The summed E-state index contributed by atoms with van der Waals surface area (Å²) in [7, 11) is 0. The summed E-state index contributed by atoms with van der Waals surface area (Å²) in [6.45, 7) is 0. The van der Waals surface area contributed by atoms with Gasteiger partial charge in [-0.2, -0.15) is 0 Å². The number of nitrogens with zero attached hydrogens (tertiary/aromatic N) is 4. The molecule has 9 aromatic carbocycles. The Morgan fingerprint density at radius 3 is 1.63 bits per heavy atom. The minimum Gasteiger partial charge on any atom is -0.456 e. The fourth-order valence-corrected chi connectivity index (χ4v) is 9.34. The monoisotopic (exact) mass is 806 g/mol. The molecule has 4 heterocycles. The number of furan rings is 2. The molecule has 0 unspecified atom stereocenters. The predicted molar refractivity (Wildman–Crippen MR) is 256 cm³/mol. The number of rotatable bonds is 6. The van der Waals surface area contributed by atoms with Crippen molar-refractivity contribution in [2.24, 2.45) is 0 Å². The molecule has 0 N–H and O–H groups in total. The Morgan fingerprint density at radius 1 is 0.317 bits per heavy atom. The van der Waals surface area contributed by atoms with E-state index in [-0.39, 0.29) is 0 Å². The fraction of sp³-hybridized carbons (Fsp3) is 0. The molecular weight excluding hydrogens is 773 g/mol. The maximum atomic E-state index is 6.89. The van der Waals surface area contributed by atoms with Crippen molar-refractivity contribution in [2.75, 3.05) is 0 Å². The van der Waals surface area contributed by atoms with Gasteiger partial charge in [0.2, 0.25) is 0 Å². The molecule has 0 aliphatic rings. The van der Waals surface area contributed by atoms with Crippen LogP contribution in [0.4, 0.5) is 0 Å². The third kappa shape index (κ3) is 5.69. The standard InChI is InChI=1S/C57H34N4O2/c1-3-14-35(15-4-1)37-18-11-19-38(32-37)55-58-56(39-29-31-50-46(33-39)53-41(22-13-27-51(53)62-50)36-16-5-2-6-17-36)60-57(59-55)40-28-30-44-45-23-12-26-49(54(45)63-52(44)34-40)61-47-24-9-7-20-42(47)43-21-8-10-25-48(43)61/h1-34H. The Balaban J connectivity index is 0.998. The van der Waals surface area contributed by atoms with Crippen LogP contribution in [-0.4, -0.2) is 19.5 Å². The van der Waals surface area contributed by atoms with E-state index in [2.05, 4.69) is 174 Å². The van der Waals surface area contributed by atoms with E-state index in [9.17, 15) is 0 Å². The van der Waals surface area contributed by atoms with Crippen molar-refractivity contribution in [3.63, 3.8) is 0 Å². The van der Waals surface area contributed by atoms with Crippen LogP contribution in [0, 0.1) is 0 Å². The average molecular weight is 807 g/mol. The van der Waals surface area contributed by atoms with E-state index >= 15 is 0 Å². The maximum Gasteiger partial charge on any atom is 0.164 e. The van der Waals surface area contributed by atoms with Crippen LogP contribution in [0.2, 0.25) is 0 Å². The van der Waals surface area contributed by atoms with Crippen molar-refractivity contribution < 1.29 is 8.83 Å². The molecule has 0 bridgehead atoms. The Hall–Kier alpha value is -8.61. The molecule has 13 aromatic rings. The van der Waals surface area contributed by atoms with Gasteiger partial charge in [-0.15, -0.1) is 0 Å². The van der Waals surface area contributed by atoms with Crippen LogP contribution in [-0.2, 0) is 0 Å². The number of aromatic nitrogens is 4. The van der Waals surface area contributed by atoms with Crippen LogP contribution in [0.15, 0.2) is 215 Å². The summed E-state index contributed by atoms with van der Waals surface area (Å²) in [5, 5.41) is 6.53. The van der Waals surface area contributed by atoms with Crippen molar-refractivity contribution in [1.82, 2.24) is 19.5 Å². The normalized spacial score (nSPS) is 11.8. The molecule has 6 nitrogen and oxygen atoms in total. The van der Waals surface area contributed by atoms with Crippen LogP contribution in [0.25, 0.3) is 128 Å². The van der Waals surface area contributed by atoms with E-state index in [1.54, 1.807) is 0 Å². The molecule has 0 aliphatic carbocycles.